The molecule has 0 bridgehead atoms. The number of nitrogen functional groups attached to an aromatic ring is 1. The summed E-state index contributed by atoms with van der Waals surface area (Å²) in [4.78, 5) is 11.1. The molecule has 3 N–H and O–H groups in total. The van der Waals surface area contributed by atoms with Gasteiger partial charge in [-0.3, -0.25) is 5.41 Å². The van der Waals surface area contributed by atoms with Gasteiger partial charge in [0.25, 0.3) is 0 Å². The lowest BCUT2D eigenvalue weighted by Crippen LogP contribution is -2.15. The van der Waals surface area contributed by atoms with E-state index in [0.29, 0.717) is 5.56 Å². The molecule has 1 aromatic carbocycles. The molecule has 5 heteroatoms. The van der Waals surface area contributed by atoms with Crippen molar-refractivity contribution >= 4 is 17.3 Å². The number of rotatable bonds is 4. The molecule has 0 fully saturated rings. The fourth-order valence-corrected chi connectivity index (χ4v) is 2.00. The summed E-state index contributed by atoms with van der Waals surface area (Å²) in [6, 6.07) is 9.51. The van der Waals surface area contributed by atoms with Gasteiger partial charge in [0.15, 0.2) is 0 Å². The summed E-state index contributed by atoms with van der Waals surface area (Å²) in [6.07, 6.45) is 0. The molecule has 0 unspecified atom stereocenters. The monoisotopic (exact) mass is 283 g/mol. The van der Waals surface area contributed by atoms with Crippen molar-refractivity contribution in [1.29, 1.82) is 5.41 Å². The molecule has 21 heavy (non-hydrogen) atoms. The minimum atomic E-state index is 0.0733. The van der Waals surface area contributed by atoms with Crippen molar-refractivity contribution in [1.82, 2.24) is 9.97 Å². The summed E-state index contributed by atoms with van der Waals surface area (Å²) in [5.74, 6) is 2.07. The predicted octanol–water partition coefficient (Wildman–Crippen LogP) is 2.96. The molecule has 0 aliphatic heterocycles. The van der Waals surface area contributed by atoms with E-state index in [2.05, 4.69) is 23.8 Å². The van der Waals surface area contributed by atoms with Crippen molar-refractivity contribution in [2.45, 2.75) is 26.7 Å². The Kier molecular flexibility index (Phi) is 4.21. The third-order valence-corrected chi connectivity index (χ3v) is 3.28. The molecule has 1 heterocycles. The number of benzene rings is 1. The molecule has 0 spiro atoms. The van der Waals surface area contributed by atoms with Crippen molar-refractivity contribution in [2.75, 3.05) is 11.9 Å². The molecule has 1 aromatic heterocycles. The van der Waals surface area contributed by atoms with Crippen LogP contribution in [-0.2, 0) is 0 Å². The zero-order valence-electron chi connectivity index (χ0n) is 12.9. The van der Waals surface area contributed by atoms with Crippen LogP contribution < -0.4 is 10.6 Å². The van der Waals surface area contributed by atoms with Crippen LogP contribution in [0.3, 0.4) is 0 Å². The fraction of sp³-hybridized carbons (Fsp3) is 0.312. The van der Waals surface area contributed by atoms with E-state index in [1.807, 2.05) is 49.2 Å². The lowest BCUT2D eigenvalue weighted by molar-refractivity contribution is 0.764. The molecule has 0 saturated carbocycles. The highest BCUT2D eigenvalue weighted by molar-refractivity contribution is 5.95. The third kappa shape index (κ3) is 3.37. The first-order valence-electron chi connectivity index (χ1n) is 6.92. The number of aryl methyl sites for hydroxylation is 1. The van der Waals surface area contributed by atoms with Crippen LogP contribution >= 0.6 is 0 Å². The van der Waals surface area contributed by atoms with Gasteiger partial charge in [0, 0.05) is 36.0 Å². The lowest BCUT2D eigenvalue weighted by atomic mass is 10.2. The van der Waals surface area contributed by atoms with E-state index in [4.69, 9.17) is 11.1 Å². The second-order valence-electron chi connectivity index (χ2n) is 5.40. The molecule has 0 aliphatic rings. The van der Waals surface area contributed by atoms with Crippen molar-refractivity contribution in [2.24, 2.45) is 5.73 Å². The van der Waals surface area contributed by atoms with Crippen molar-refractivity contribution in [3.05, 3.63) is 47.4 Å². The van der Waals surface area contributed by atoms with Gasteiger partial charge < -0.3 is 10.6 Å². The van der Waals surface area contributed by atoms with Gasteiger partial charge in [-0.1, -0.05) is 13.8 Å². The van der Waals surface area contributed by atoms with Gasteiger partial charge in [0.1, 0.15) is 17.5 Å². The van der Waals surface area contributed by atoms with Crippen molar-refractivity contribution in [3.8, 4) is 0 Å². The molecule has 5 nitrogen and oxygen atoms in total. The second-order valence-corrected chi connectivity index (χ2v) is 5.40. The number of aromatic nitrogens is 2. The highest BCUT2D eigenvalue weighted by Gasteiger charge is 2.11. The largest absolute Gasteiger partial charge is 0.384 e. The number of hydrogen-bond donors (Lipinski definition) is 2. The maximum atomic E-state index is 7.42. The number of amidine groups is 1. The van der Waals surface area contributed by atoms with E-state index in [1.165, 1.54) is 0 Å². The van der Waals surface area contributed by atoms with Gasteiger partial charge in [-0.25, -0.2) is 9.97 Å². The molecule has 0 radical (unpaired) electrons. The molecule has 2 aromatic rings. The molecule has 0 atom stereocenters. The van der Waals surface area contributed by atoms with Crippen LogP contribution in [0.15, 0.2) is 30.3 Å². The van der Waals surface area contributed by atoms with Crippen LogP contribution in [0.1, 0.15) is 36.8 Å². The molecule has 0 aliphatic carbocycles. The van der Waals surface area contributed by atoms with Crippen LogP contribution in [0.4, 0.5) is 11.5 Å². The average molecular weight is 283 g/mol. The smallest absolute Gasteiger partial charge is 0.136 e. The van der Waals surface area contributed by atoms with E-state index in [1.54, 1.807) is 0 Å². The van der Waals surface area contributed by atoms with E-state index < -0.39 is 0 Å². The van der Waals surface area contributed by atoms with Gasteiger partial charge in [-0.05, 0) is 31.2 Å². The maximum Gasteiger partial charge on any atom is 0.136 e. The Morgan fingerprint density at radius 3 is 2.33 bits per heavy atom. The summed E-state index contributed by atoms with van der Waals surface area (Å²) in [6.45, 7) is 6.14. The topological polar surface area (TPSA) is 78.9 Å². The fourth-order valence-electron chi connectivity index (χ4n) is 2.00. The first kappa shape index (κ1) is 15.0. The molecule has 0 amide bonds. The highest BCUT2D eigenvalue weighted by atomic mass is 15.2. The van der Waals surface area contributed by atoms with Gasteiger partial charge >= 0.3 is 0 Å². The Balaban J connectivity index is 2.35. The van der Waals surface area contributed by atoms with E-state index in [0.717, 1.165) is 23.0 Å². The SMILES string of the molecule is Cc1cc(N(C)c2ccc(C(=N)N)cc2)nc(C(C)C)n1. The number of nitrogens with one attached hydrogen (secondary N) is 1. The quantitative estimate of drug-likeness (QED) is 0.668. The Bertz CT molecular complexity index is 646. The molecule has 0 saturated heterocycles. The van der Waals surface area contributed by atoms with Gasteiger partial charge in [0.05, 0.1) is 0 Å². The van der Waals surface area contributed by atoms with Crippen LogP contribution in [0, 0.1) is 12.3 Å². The minimum Gasteiger partial charge on any atom is -0.384 e. The summed E-state index contributed by atoms with van der Waals surface area (Å²) in [7, 11) is 1.97. The maximum absolute atomic E-state index is 7.42. The molecular formula is C16H21N5. The number of hydrogen-bond acceptors (Lipinski definition) is 4. The minimum absolute atomic E-state index is 0.0733. The second kappa shape index (κ2) is 5.91. The van der Waals surface area contributed by atoms with Crippen LogP contribution in [0.2, 0.25) is 0 Å². The summed E-state index contributed by atoms with van der Waals surface area (Å²) < 4.78 is 0. The highest BCUT2D eigenvalue weighted by Crippen LogP contribution is 2.24. The number of nitrogens with zero attached hydrogens (tertiary/aromatic N) is 3. The lowest BCUT2D eigenvalue weighted by Gasteiger charge is -2.20. The molecule has 2 rings (SSSR count). The normalized spacial score (nSPS) is 10.7. The first-order chi connectivity index (χ1) is 9.88. The van der Waals surface area contributed by atoms with Crippen LogP contribution in [-0.4, -0.2) is 22.9 Å². The average Bonchev–Trinajstić information content (AvgIpc) is 2.45. The number of nitrogens with two attached hydrogens (primary N) is 1. The van der Waals surface area contributed by atoms with E-state index in [-0.39, 0.29) is 11.8 Å². The Morgan fingerprint density at radius 1 is 1.19 bits per heavy atom. The summed E-state index contributed by atoms with van der Waals surface area (Å²) in [5, 5.41) is 7.42. The zero-order chi connectivity index (χ0) is 15.6. The van der Waals surface area contributed by atoms with Crippen molar-refractivity contribution < 1.29 is 0 Å². The van der Waals surface area contributed by atoms with Gasteiger partial charge in [-0.15, -0.1) is 0 Å². The zero-order valence-corrected chi connectivity index (χ0v) is 12.9. The van der Waals surface area contributed by atoms with E-state index in [9.17, 15) is 0 Å². The molecule has 110 valence electrons. The summed E-state index contributed by atoms with van der Waals surface area (Å²) >= 11 is 0. The standard InChI is InChI=1S/C16H21N5/c1-10(2)16-19-11(3)9-14(20-16)21(4)13-7-5-12(6-8-13)15(17)18/h5-10H,1-4H3,(H3,17,18). The number of anilines is 2. The third-order valence-electron chi connectivity index (χ3n) is 3.28. The van der Waals surface area contributed by atoms with Gasteiger partial charge in [-0.2, -0.15) is 0 Å². The van der Waals surface area contributed by atoms with Crippen LogP contribution in [0.5, 0.6) is 0 Å². The van der Waals surface area contributed by atoms with E-state index >= 15 is 0 Å². The van der Waals surface area contributed by atoms with Crippen molar-refractivity contribution in [3.63, 3.8) is 0 Å². The Morgan fingerprint density at radius 2 is 1.81 bits per heavy atom. The van der Waals surface area contributed by atoms with Gasteiger partial charge in [0.2, 0.25) is 0 Å². The van der Waals surface area contributed by atoms with Crippen LogP contribution in [0.25, 0.3) is 0 Å². The Hall–Kier alpha value is -2.43. The predicted molar refractivity (Wildman–Crippen MR) is 86.4 cm³/mol. The Labute approximate surface area is 125 Å². The summed E-state index contributed by atoms with van der Waals surface area (Å²) in [5.41, 5.74) is 8.14. The first-order valence-corrected chi connectivity index (χ1v) is 6.92. The molecular weight excluding hydrogens is 262 g/mol.